The quantitative estimate of drug-likeness (QED) is 0.755. The summed E-state index contributed by atoms with van der Waals surface area (Å²) in [6, 6.07) is 6.56. The Balaban J connectivity index is 2.70. The van der Waals surface area contributed by atoms with E-state index in [1.165, 1.54) is 11.3 Å². The summed E-state index contributed by atoms with van der Waals surface area (Å²) in [7, 11) is 0. The van der Waals surface area contributed by atoms with Crippen molar-refractivity contribution < 1.29 is 0 Å². The van der Waals surface area contributed by atoms with Gasteiger partial charge in [-0.1, -0.05) is 6.92 Å². The van der Waals surface area contributed by atoms with Crippen molar-refractivity contribution in [2.45, 2.75) is 26.3 Å². The van der Waals surface area contributed by atoms with E-state index in [-0.39, 0.29) is 0 Å². The summed E-state index contributed by atoms with van der Waals surface area (Å²) >= 11 is 1.88. The Labute approximate surface area is 96.6 Å². The average Bonchev–Trinajstić information content (AvgIpc) is 2.21. The van der Waals surface area contributed by atoms with Crippen LogP contribution in [0, 0.1) is 6.92 Å². The standard InChI is InChI=1S/C12H20N2S/c1-4-11(8-15-3)14-12-6-5-10(13)7-9(12)2/h5-7,11,14H,4,8,13H2,1-3H3. The molecule has 3 heteroatoms. The average molecular weight is 224 g/mol. The first-order valence-electron chi connectivity index (χ1n) is 5.29. The third-order valence-corrected chi connectivity index (χ3v) is 3.21. The Hall–Kier alpha value is -0.830. The van der Waals surface area contributed by atoms with Gasteiger partial charge in [-0.25, -0.2) is 0 Å². The Kier molecular flexibility index (Phi) is 4.82. The van der Waals surface area contributed by atoms with Gasteiger partial charge in [-0.3, -0.25) is 0 Å². The van der Waals surface area contributed by atoms with Crippen molar-refractivity contribution in [3.8, 4) is 0 Å². The minimum Gasteiger partial charge on any atom is -0.399 e. The molecule has 84 valence electrons. The molecule has 1 unspecified atom stereocenters. The van der Waals surface area contributed by atoms with Gasteiger partial charge in [0.05, 0.1) is 0 Å². The van der Waals surface area contributed by atoms with Gasteiger partial charge in [-0.2, -0.15) is 11.8 Å². The Morgan fingerprint density at radius 1 is 1.47 bits per heavy atom. The van der Waals surface area contributed by atoms with E-state index in [1.54, 1.807) is 0 Å². The highest BCUT2D eigenvalue weighted by atomic mass is 32.2. The lowest BCUT2D eigenvalue weighted by molar-refractivity contribution is 0.774. The second-order valence-corrected chi connectivity index (χ2v) is 4.69. The van der Waals surface area contributed by atoms with Gasteiger partial charge in [0.15, 0.2) is 0 Å². The van der Waals surface area contributed by atoms with Crippen LogP contribution in [0.25, 0.3) is 0 Å². The van der Waals surface area contributed by atoms with Gasteiger partial charge in [0, 0.05) is 23.2 Å². The molecule has 0 aromatic heterocycles. The zero-order valence-corrected chi connectivity index (χ0v) is 10.5. The third-order valence-electron chi connectivity index (χ3n) is 2.47. The van der Waals surface area contributed by atoms with E-state index in [2.05, 4.69) is 31.5 Å². The highest BCUT2D eigenvalue weighted by molar-refractivity contribution is 7.98. The van der Waals surface area contributed by atoms with Crippen LogP contribution >= 0.6 is 11.8 Å². The predicted molar refractivity (Wildman–Crippen MR) is 71.7 cm³/mol. The summed E-state index contributed by atoms with van der Waals surface area (Å²) in [4.78, 5) is 0. The monoisotopic (exact) mass is 224 g/mol. The van der Waals surface area contributed by atoms with E-state index < -0.39 is 0 Å². The summed E-state index contributed by atoms with van der Waals surface area (Å²) in [5.41, 5.74) is 8.96. The number of nitrogens with one attached hydrogen (secondary N) is 1. The Morgan fingerprint density at radius 2 is 2.20 bits per heavy atom. The number of rotatable bonds is 5. The summed E-state index contributed by atoms with van der Waals surface area (Å²) in [6.07, 6.45) is 3.28. The van der Waals surface area contributed by atoms with Crippen LogP contribution in [0.5, 0.6) is 0 Å². The molecule has 2 nitrogen and oxygen atoms in total. The zero-order valence-electron chi connectivity index (χ0n) is 9.71. The first kappa shape index (κ1) is 12.2. The van der Waals surface area contributed by atoms with Crippen LogP contribution in [0.15, 0.2) is 18.2 Å². The minimum atomic E-state index is 0.544. The number of aryl methyl sites for hydroxylation is 1. The molecule has 0 heterocycles. The van der Waals surface area contributed by atoms with Crippen molar-refractivity contribution in [2.75, 3.05) is 23.1 Å². The molecule has 3 N–H and O–H groups in total. The van der Waals surface area contributed by atoms with Crippen molar-refractivity contribution in [3.05, 3.63) is 23.8 Å². The highest BCUT2D eigenvalue weighted by Crippen LogP contribution is 2.19. The predicted octanol–water partition coefficient (Wildman–Crippen LogP) is 3.13. The molecule has 1 rings (SSSR count). The van der Waals surface area contributed by atoms with Gasteiger partial charge in [-0.05, 0) is 43.4 Å². The largest absolute Gasteiger partial charge is 0.399 e. The van der Waals surface area contributed by atoms with Crippen LogP contribution in [0.2, 0.25) is 0 Å². The summed E-state index contributed by atoms with van der Waals surface area (Å²) in [5, 5.41) is 3.55. The number of nitrogens with two attached hydrogens (primary N) is 1. The van der Waals surface area contributed by atoms with E-state index in [0.29, 0.717) is 6.04 Å². The third kappa shape index (κ3) is 3.67. The highest BCUT2D eigenvalue weighted by Gasteiger charge is 2.06. The molecule has 0 bridgehead atoms. The van der Waals surface area contributed by atoms with Crippen LogP contribution in [0.1, 0.15) is 18.9 Å². The molecular formula is C12H20N2S. The molecule has 1 aromatic rings. The van der Waals surface area contributed by atoms with E-state index in [1.807, 2.05) is 23.9 Å². The zero-order chi connectivity index (χ0) is 11.3. The van der Waals surface area contributed by atoms with Gasteiger partial charge in [0.2, 0.25) is 0 Å². The number of anilines is 2. The maximum Gasteiger partial charge on any atom is 0.0373 e. The molecule has 0 saturated carbocycles. The molecule has 0 spiro atoms. The van der Waals surface area contributed by atoms with E-state index in [4.69, 9.17) is 5.73 Å². The molecule has 0 aliphatic heterocycles. The van der Waals surface area contributed by atoms with Gasteiger partial charge in [0.25, 0.3) is 0 Å². The fourth-order valence-corrected chi connectivity index (χ4v) is 2.25. The maximum absolute atomic E-state index is 5.72. The van der Waals surface area contributed by atoms with Gasteiger partial charge >= 0.3 is 0 Å². The van der Waals surface area contributed by atoms with Gasteiger partial charge < -0.3 is 11.1 Å². The van der Waals surface area contributed by atoms with Crippen LogP contribution in [-0.4, -0.2) is 18.1 Å². The van der Waals surface area contributed by atoms with Gasteiger partial charge in [-0.15, -0.1) is 0 Å². The Bertz CT molecular complexity index is 312. The number of hydrogen-bond donors (Lipinski definition) is 2. The second-order valence-electron chi connectivity index (χ2n) is 3.78. The van der Waals surface area contributed by atoms with Crippen molar-refractivity contribution in [3.63, 3.8) is 0 Å². The molecule has 0 fully saturated rings. The summed E-state index contributed by atoms with van der Waals surface area (Å²) in [6.45, 7) is 4.30. The summed E-state index contributed by atoms with van der Waals surface area (Å²) < 4.78 is 0. The SMILES string of the molecule is CCC(CSC)Nc1ccc(N)cc1C. The molecule has 0 saturated heterocycles. The second kappa shape index (κ2) is 5.91. The first-order chi connectivity index (χ1) is 7.17. The molecule has 1 atom stereocenters. The number of hydrogen-bond acceptors (Lipinski definition) is 3. The normalized spacial score (nSPS) is 12.5. The number of nitrogen functional groups attached to an aromatic ring is 1. The first-order valence-corrected chi connectivity index (χ1v) is 6.68. The van der Waals surface area contributed by atoms with E-state index in [0.717, 1.165) is 17.9 Å². The number of thioether (sulfide) groups is 1. The smallest absolute Gasteiger partial charge is 0.0373 e. The molecule has 0 radical (unpaired) electrons. The minimum absolute atomic E-state index is 0.544. The molecule has 15 heavy (non-hydrogen) atoms. The molecule has 0 amide bonds. The van der Waals surface area contributed by atoms with Crippen LogP contribution < -0.4 is 11.1 Å². The van der Waals surface area contributed by atoms with Crippen molar-refractivity contribution >= 4 is 23.1 Å². The topological polar surface area (TPSA) is 38.0 Å². The lowest BCUT2D eigenvalue weighted by Crippen LogP contribution is -2.21. The van der Waals surface area contributed by atoms with Crippen molar-refractivity contribution in [1.82, 2.24) is 0 Å². The number of benzene rings is 1. The van der Waals surface area contributed by atoms with Crippen molar-refractivity contribution in [2.24, 2.45) is 0 Å². The van der Waals surface area contributed by atoms with Crippen LogP contribution in [0.4, 0.5) is 11.4 Å². The lowest BCUT2D eigenvalue weighted by Gasteiger charge is -2.18. The summed E-state index contributed by atoms with van der Waals surface area (Å²) in [5.74, 6) is 1.14. The van der Waals surface area contributed by atoms with E-state index in [9.17, 15) is 0 Å². The molecule has 1 aromatic carbocycles. The van der Waals surface area contributed by atoms with Crippen LogP contribution in [-0.2, 0) is 0 Å². The molecule has 0 aliphatic rings. The van der Waals surface area contributed by atoms with Crippen LogP contribution in [0.3, 0.4) is 0 Å². The Morgan fingerprint density at radius 3 is 2.73 bits per heavy atom. The van der Waals surface area contributed by atoms with Gasteiger partial charge in [0.1, 0.15) is 0 Å². The lowest BCUT2D eigenvalue weighted by atomic mass is 10.1. The molecular weight excluding hydrogens is 204 g/mol. The van der Waals surface area contributed by atoms with E-state index >= 15 is 0 Å². The fourth-order valence-electron chi connectivity index (χ4n) is 1.53. The fraction of sp³-hybridized carbons (Fsp3) is 0.500. The molecule has 0 aliphatic carbocycles. The van der Waals surface area contributed by atoms with Crippen molar-refractivity contribution in [1.29, 1.82) is 0 Å². The maximum atomic E-state index is 5.72.